The average molecular weight is 118 g/mol. The van der Waals surface area contributed by atoms with Crippen LogP contribution in [0.25, 0.3) is 0 Å². The largest absolute Gasteiger partial charge is 0.480 e. The Morgan fingerprint density at radius 2 is 2.88 bits per heavy atom. The monoisotopic (exact) mass is 118 g/mol. The summed E-state index contributed by atoms with van der Waals surface area (Å²) in [5.41, 5.74) is 0. The van der Waals surface area contributed by atoms with E-state index in [-0.39, 0.29) is 0 Å². The molecule has 0 aromatic heterocycles. The van der Waals surface area contributed by atoms with Gasteiger partial charge in [-0.15, -0.1) is 0 Å². The van der Waals surface area contributed by atoms with Gasteiger partial charge in [-0.3, -0.25) is 9.69 Å². The first kappa shape index (κ1) is 2.82. The summed E-state index contributed by atoms with van der Waals surface area (Å²) in [6.45, 7) is -1.89. The summed E-state index contributed by atoms with van der Waals surface area (Å²) >= 11 is 0. The molecule has 1 heterocycles. The van der Waals surface area contributed by atoms with Gasteiger partial charge in [-0.05, 0) is 13.4 Å². The zero-order valence-corrected chi connectivity index (χ0v) is 4.29. The molecule has 1 N–H and O–H groups in total. The summed E-state index contributed by atoms with van der Waals surface area (Å²) in [4.78, 5) is 11.4. The number of hydrogen-bond donors (Lipinski definition) is 1. The third-order valence-electron chi connectivity index (χ3n) is 1.30. The molecule has 1 saturated heterocycles. The van der Waals surface area contributed by atoms with Gasteiger partial charge in [0.1, 0.15) is 6.04 Å². The number of likely N-dealkylation sites (N-methyl/N-ethyl adjacent to an activating group) is 1. The molecule has 3 heteroatoms. The van der Waals surface area contributed by atoms with Crippen LogP contribution in [0, 0.1) is 0 Å². The van der Waals surface area contributed by atoms with Crippen molar-refractivity contribution in [3.63, 3.8) is 0 Å². The second-order valence-electron chi connectivity index (χ2n) is 1.84. The van der Waals surface area contributed by atoms with E-state index in [0.717, 1.165) is 4.90 Å². The fourth-order valence-electron chi connectivity index (χ4n) is 0.644. The smallest absolute Gasteiger partial charge is 0.320 e. The van der Waals surface area contributed by atoms with Crippen molar-refractivity contribution in [2.45, 2.75) is 12.5 Å². The lowest BCUT2D eigenvalue weighted by Gasteiger charge is -2.33. The highest BCUT2D eigenvalue weighted by Crippen LogP contribution is 2.13. The van der Waals surface area contributed by atoms with Crippen molar-refractivity contribution in [3.05, 3.63) is 0 Å². The maximum absolute atomic E-state index is 10.3. The summed E-state index contributed by atoms with van der Waals surface area (Å²) in [5.74, 6) is -1.05. The van der Waals surface area contributed by atoms with Gasteiger partial charge in [0.25, 0.3) is 0 Å². The Balaban J connectivity index is 2.57. The Bertz CT molecular complexity index is 179. The van der Waals surface area contributed by atoms with Crippen molar-refractivity contribution in [3.8, 4) is 0 Å². The Hall–Kier alpha value is -0.570. The zero-order chi connectivity index (χ0) is 8.65. The molecular formula is C5H9NO2. The van der Waals surface area contributed by atoms with Gasteiger partial charge < -0.3 is 5.11 Å². The highest BCUT2D eigenvalue weighted by atomic mass is 16.4. The van der Waals surface area contributed by atoms with Crippen LogP contribution in [-0.4, -0.2) is 35.5 Å². The maximum Gasteiger partial charge on any atom is 0.320 e. The normalized spacial score (nSPS) is 36.5. The molecule has 0 unspecified atom stereocenters. The van der Waals surface area contributed by atoms with Crippen LogP contribution in [0.5, 0.6) is 0 Å². The van der Waals surface area contributed by atoms with Crippen molar-refractivity contribution in [2.24, 2.45) is 0 Å². The predicted molar refractivity (Wildman–Crippen MR) is 28.7 cm³/mol. The second kappa shape index (κ2) is 1.74. The highest BCUT2D eigenvalue weighted by Gasteiger charge is 2.30. The van der Waals surface area contributed by atoms with Crippen LogP contribution >= 0.6 is 0 Å². The summed E-state index contributed by atoms with van der Waals surface area (Å²) in [6, 6.07) is -0.803. The molecule has 0 bridgehead atoms. The van der Waals surface area contributed by atoms with Crippen LogP contribution < -0.4 is 0 Å². The molecule has 0 saturated carbocycles. The van der Waals surface area contributed by atoms with E-state index in [4.69, 9.17) is 9.22 Å². The lowest BCUT2D eigenvalue weighted by Crippen LogP contribution is -2.49. The van der Waals surface area contributed by atoms with Crippen molar-refractivity contribution in [2.75, 3.05) is 13.5 Å². The highest BCUT2D eigenvalue weighted by molar-refractivity contribution is 5.74. The van der Waals surface area contributed by atoms with Crippen LogP contribution in [0.4, 0.5) is 0 Å². The van der Waals surface area contributed by atoms with Gasteiger partial charge in [-0.2, -0.15) is 0 Å². The van der Waals surface area contributed by atoms with Crippen molar-refractivity contribution >= 4 is 5.97 Å². The van der Waals surface area contributed by atoms with E-state index < -0.39 is 19.0 Å². The molecule has 46 valence electrons. The molecule has 1 aliphatic rings. The van der Waals surface area contributed by atoms with Gasteiger partial charge in [-0.25, -0.2) is 0 Å². The molecule has 1 aliphatic heterocycles. The Morgan fingerprint density at radius 1 is 2.12 bits per heavy atom. The van der Waals surface area contributed by atoms with Gasteiger partial charge in [-0.1, -0.05) is 0 Å². The van der Waals surface area contributed by atoms with Gasteiger partial charge in [0.2, 0.25) is 0 Å². The fraction of sp³-hybridized carbons (Fsp3) is 0.800. The molecule has 3 nitrogen and oxygen atoms in total. The topological polar surface area (TPSA) is 40.5 Å². The fourth-order valence-corrected chi connectivity index (χ4v) is 0.644. The average Bonchev–Trinajstić information content (AvgIpc) is 1.51. The first-order valence-electron chi connectivity index (χ1n) is 3.92. The summed E-state index contributed by atoms with van der Waals surface area (Å²) in [6.07, 6.45) is 0.438. The van der Waals surface area contributed by atoms with E-state index in [9.17, 15) is 4.79 Å². The third-order valence-corrected chi connectivity index (χ3v) is 1.30. The van der Waals surface area contributed by atoms with Crippen molar-refractivity contribution < 1.29 is 14.0 Å². The van der Waals surface area contributed by atoms with Gasteiger partial charge in [0.05, 0.1) is 0 Å². The Labute approximate surface area is 52.1 Å². The quantitative estimate of drug-likeness (QED) is 0.517. The Kier molecular flexibility index (Phi) is 0.615. The standard InChI is InChI=1S/C5H9NO2/c1-6-3-2-4(6)5(7)8/h4H,2-3H2,1H3,(H,7,8)/t4-/m0/s1/i1D3. The number of likely N-dealkylation sites (tertiary alicyclic amines) is 1. The minimum absolute atomic E-state index is 0.355. The number of aliphatic carboxylic acids is 1. The number of carboxylic acids is 1. The van der Waals surface area contributed by atoms with Gasteiger partial charge in [0.15, 0.2) is 0 Å². The first-order valence-corrected chi connectivity index (χ1v) is 2.42. The first-order chi connectivity index (χ1) is 4.93. The summed E-state index contributed by atoms with van der Waals surface area (Å²) in [7, 11) is 0. The Morgan fingerprint density at radius 3 is 3.00 bits per heavy atom. The molecule has 8 heavy (non-hydrogen) atoms. The zero-order valence-electron chi connectivity index (χ0n) is 7.29. The lowest BCUT2D eigenvalue weighted by molar-refractivity contribution is -0.146. The number of nitrogens with zero attached hydrogens (tertiary/aromatic N) is 1. The SMILES string of the molecule is [2H]C([2H])([2H])N1CC[C@H]1C(=O)O. The lowest BCUT2D eigenvalue weighted by atomic mass is 10.1. The third kappa shape index (κ3) is 0.690. The van der Waals surface area contributed by atoms with Crippen LogP contribution in [-0.2, 0) is 4.79 Å². The predicted octanol–water partition coefficient (Wildman–Crippen LogP) is -0.225. The number of hydrogen-bond acceptors (Lipinski definition) is 2. The van der Waals surface area contributed by atoms with E-state index in [1.54, 1.807) is 0 Å². The molecule has 1 fully saturated rings. The summed E-state index contributed by atoms with van der Waals surface area (Å²) in [5, 5.41) is 8.48. The molecule has 1 rings (SSSR count). The molecule has 0 aliphatic carbocycles. The van der Waals surface area contributed by atoms with E-state index in [1.165, 1.54) is 0 Å². The van der Waals surface area contributed by atoms with E-state index in [0.29, 0.717) is 13.0 Å². The van der Waals surface area contributed by atoms with Crippen LogP contribution in [0.2, 0.25) is 0 Å². The van der Waals surface area contributed by atoms with Crippen molar-refractivity contribution in [1.29, 1.82) is 0 Å². The van der Waals surface area contributed by atoms with E-state index in [1.807, 2.05) is 0 Å². The van der Waals surface area contributed by atoms with Crippen molar-refractivity contribution in [1.82, 2.24) is 4.90 Å². The molecule has 0 spiro atoms. The van der Waals surface area contributed by atoms with E-state index >= 15 is 0 Å². The number of carbonyl (C=O) groups is 1. The van der Waals surface area contributed by atoms with Crippen LogP contribution in [0.15, 0.2) is 0 Å². The minimum atomic E-state index is -2.25. The molecule has 1 atom stereocenters. The molecule has 0 amide bonds. The molecule has 0 aromatic carbocycles. The molecular weight excluding hydrogens is 106 g/mol. The molecule has 0 aromatic rings. The van der Waals surface area contributed by atoms with Gasteiger partial charge >= 0.3 is 5.97 Å². The van der Waals surface area contributed by atoms with Crippen LogP contribution in [0.1, 0.15) is 10.5 Å². The maximum atomic E-state index is 10.3. The summed E-state index contributed by atoms with van der Waals surface area (Å²) < 4.78 is 20.7. The number of carboxylic acid groups (broad SMARTS) is 1. The number of rotatable bonds is 1. The molecule has 0 radical (unpaired) electrons. The van der Waals surface area contributed by atoms with Crippen LogP contribution in [0.3, 0.4) is 0 Å². The second-order valence-corrected chi connectivity index (χ2v) is 1.84. The minimum Gasteiger partial charge on any atom is -0.480 e. The van der Waals surface area contributed by atoms with E-state index in [2.05, 4.69) is 0 Å². The van der Waals surface area contributed by atoms with Gasteiger partial charge in [0, 0.05) is 10.7 Å².